The lowest BCUT2D eigenvalue weighted by Gasteiger charge is -2.26. The van der Waals surface area contributed by atoms with Gasteiger partial charge in [-0.3, -0.25) is 9.89 Å². The van der Waals surface area contributed by atoms with E-state index in [-0.39, 0.29) is 0 Å². The second-order valence-electron chi connectivity index (χ2n) is 6.54. The zero-order valence-corrected chi connectivity index (χ0v) is 16.3. The third-order valence-electron chi connectivity index (χ3n) is 4.50. The molecule has 0 radical (unpaired) electrons. The fourth-order valence-electron chi connectivity index (χ4n) is 3.22. The normalized spacial score (nSPS) is 20.3. The van der Waals surface area contributed by atoms with Gasteiger partial charge in [0.1, 0.15) is 0 Å². The fraction of sp³-hybridized carbons (Fsp3) is 0.722. The molecule has 1 saturated heterocycles. The molecule has 2 rings (SSSR count). The molecule has 2 N–H and O–H groups in total. The van der Waals surface area contributed by atoms with Gasteiger partial charge in [0.05, 0.1) is 6.61 Å². The van der Waals surface area contributed by atoms with Crippen LogP contribution in [-0.4, -0.2) is 63.3 Å². The molecule has 0 spiro atoms. The van der Waals surface area contributed by atoms with Crippen LogP contribution < -0.4 is 10.6 Å². The highest BCUT2D eigenvalue weighted by molar-refractivity contribution is 7.11. The van der Waals surface area contributed by atoms with Crippen molar-refractivity contribution in [2.45, 2.75) is 45.2 Å². The van der Waals surface area contributed by atoms with Crippen LogP contribution in [0.5, 0.6) is 0 Å². The summed E-state index contributed by atoms with van der Waals surface area (Å²) in [6.45, 7) is 8.31. The number of likely N-dealkylation sites (tertiary alicyclic amines) is 1. The molecular formula is C18H32N4OS. The van der Waals surface area contributed by atoms with Gasteiger partial charge in [-0.2, -0.15) is 0 Å². The molecule has 1 aliphatic rings. The van der Waals surface area contributed by atoms with Crippen LogP contribution in [0.2, 0.25) is 0 Å². The number of aryl methyl sites for hydroxylation is 1. The van der Waals surface area contributed by atoms with Crippen LogP contribution in [0.3, 0.4) is 0 Å². The zero-order valence-electron chi connectivity index (χ0n) is 15.5. The Morgan fingerprint density at radius 3 is 3.00 bits per heavy atom. The summed E-state index contributed by atoms with van der Waals surface area (Å²) in [5.74, 6) is 0.898. The molecule has 6 heteroatoms. The minimum Gasteiger partial charge on any atom is -0.383 e. The number of hydrogen-bond donors (Lipinski definition) is 2. The number of thiophene rings is 1. The van der Waals surface area contributed by atoms with Crippen molar-refractivity contribution in [2.75, 3.05) is 40.4 Å². The number of guanidine groups is 1. The number of rotatable bonds is 8. The minimum absolute atomic E-state index is 0.363. The molecule has 0 aromatic carbocycles. The van der Waals surface area contributed by atoms with E-state index in [1.54, 1.807) is 7.11 Å². The molecule has 0 amide bonds. The lowest BCUT2D eigenvalue weighted by molar-refractivity contribution is 0.141. The van der Waals surface area contributed by atoms with Crippen molar-refractivity contribution in [1.29, 1.82) is 0 Å². The van der Waals surface area contributed by atoms with E-state index in [0.29, 0.717) is 12.1 Å². The van der Waals surface area contributed by atoms with Gasteiger partial charge >= 0.3 is 0 Å². The quantitative estimate of drug-likeness (QED) is 0.557. The Balaban J connectivity index is 1.75. The van der Waals surface area contributed by atoms with E-state index in [4.69, 9.17) is 4.74 Å². The first-order chi connectivity index (χ1) is 11.6. The first kappa shape index (κ1) is 19.2. The van der Waals surface area contributed by atoms with E-state index in [0.717, 1.165) is 32.1 Å². The Kier molecular flexibility index (Phi) is 8.02. The molecule has 1 aliphatic heterocycles. The SMILES string of the molecule is CN=C(NCC1CCCN1CCOC)NC(C)Cc1ccc(C)s1. The van der Waals surface area contributed by atoms with Gasteiger partial charge in [0, 0.05) is 55.5 Å². The van der Waals surface area contributed by atoms with Gasteiger partial charge in [0.15, 0.2) is 5.96 Å². The summed E-state index contributed by atoms with van der Waals surface area (Å²) in [4.78, 5) is 9.69. The van der Waals surface area contributed by atoms with Crippen molar-refractivity contribution in [2.24, 2.45) is 4.99 Å². The highest BCUT2D eigenvalue weighted by atomic mass is 32.1. The van der Waals surface area contributed by atoms with Crippen LogP contribution >= 0.6 is 11.3 Å². The maximum Gasteiger partial charge on any atom is 0.191 e. The van der Waals surface area contributed by atoms with E-state index >= 15 is 0 Å². The molecule has 1 fully saturated rings. The minimum atomic E-state index is 0.363. The van der Waals surface area contributed by atoms with E-state index in [9.17, 15) is 0 Å². The molecule has 2 unspecified atom stereocenters. The van der Waals surface area contributed by atoms with Crippen molar-refractivity contribution in [1.82, 2.24) is 15.5 Å². The molecule has 5 nitrogen and oxygen atoms in total. The highest BCUT2D eigenvalue weighted by Gasteiger charge is 2.24. The Hall–Kier alpha value is -1.11. The summed E-state index contributed by atoms with van der Waals surface area (Å²) >= 11 is 1.87. The third kappa shape index (κ3) is 6.07. The molecule has 1 aromatic heterocycles. The van der Waals surface area contributed by atoms with Crippen LogP contribution in [0.25, 0.3) is 0 Å². The summed E-state index contributed by atoms with van der Waals surface area (Å²) in [6.07, 6.45) is 3.55. The van der Waals surface area contributed by atoms with Crippen molar-refractivity contribution in [3.05, 3.63) is 21.9 Å². The highest BCUT2D eigenvalue weighted by Crippen LogP contribution is 2.17. The van der Waals surface area contributed by atoms with Crippen LogP contribution in [0.4, 0.5) is 0 Å². The summed E-state index contributed by atoms with van der Waals surface area (Å²) in [7, 11) is 3.61. The van der Waals surface area contributed by atoms with Crippen molar-refractivity contribution in [3.63, 3.8) is 0 Å². The average Bonchev–Trinajstić information content (AvgIpc) is 3.18. The second-order valence-corrected chi connectivity index (χ2v) is 7.91. The van der Waals surface area contributed by atoms with E-state index < -0.39 is 0 Å². The number of nitrogens with zero attached hydrogens (tertiary/aromatic N) is 2. The second kappa shape index (κ2) is 10.0. The molecule has 2 atom stereocenters. The average molecular weight is 353 g/mol. The van der Waals surface area contributed by atoms with Crippen LogP contribution in [0, 0.1) is 6.92 Å². The predicted octanol–water partition coefficient (Wildman–Crippen LogP) is 2.26. The van der Waals surface area contributed by atoms with E-state index in [2.05, 4.69) is 46.5 Å². The maximum absolute atomic E-state index is 5.21. The molecule has 24 heavy (non-hydrogen) atoms. The topological polar surface area (TPSA) is 48.9 Å². The van der Waals surface area contributed by atoms with Gasteiger partial charge in [-0.25, -0.2) is 0 Å². The van der Waals surface area contributed by atoms with Gasteiger partial charge in [0.2, 0.25) is 0 Å². The van der Waals surface area contributed by atoms with Crippen LogP contribution in [0.1, 0.15) is 29.5 Å². The van der Waals surface area contributed by atoms with Gasteiger partial charge in [0.25, 0.3) is 0 Å². The molecule has 1 aromatic rings. The third-order valence-corrected chi connectivity index (χ3v) is 5.52. The molecule has 0 aliphatic carbocycles. The lowest BCUT2D eigenvalue weighted by Crippen LogP contribution is -2.48. The number of aliphatic imine (C=N–C) groups is 1. The Labute approximate surface area is 150 Å². The van der Waals surface area contributed by atoms with Gasteiger partial charge in [-0.1, -0.05) is 0 Å². The van der Waals surface area contributed by atoms with Gasteiger partial charge < -0.3 is 15.4 Å². The number of ether oxygens (including phenoxy) is 1. The van der Waals surface area contributed by atoms with Crippen molar-refractivity contribution < 1.29 is 4.74 Å². The first-order valence-electron chi connectivity index (χ1n) is 8.88. The van der Waals surface area contributed by atoms with Gasteiger partial charge in [-0.15, -0.1) is 11.3 Å². The smallest absolute Gasteiger partial charge is 0.191 e. The van der Waals surface area contributed by atoms with Crippen LogP contribution in [0.15, 0.2) is 17.1 Å². The van der Waals surface area contributed by atoms with E-state index in [1.165, 1.54) is 29.1 Å². The monoisotopic (exact) mass is 352 g/mol. The van der Waals surface area contributed by atoms with Crippen molar-refractivity contribution in [3.8, 4) is 0 Å². The maximum atomic E-state index is 5.21. The predicted molar refractivity (Wildman–Crippen MR) is 103 cm³/mol. The number of hydrogen-bond acceptors (Lipinski definition) is 4. The summed E-state index contributed by atoms with van der Waals surface area (Å²) < 4.78 is 5.21. The van der Waals surface area contributed by atoms with Gasteiger partial charge in [-0.05, 0) is 45.4 Å². The molecule has 0 bridgehead atoms. The van der Waals surface area contributed by atoms with Crippen molar-refractivity contribution >= 4 is 17.3 Å². The number of nitrogens with one attached hydrogen (secondary N) is 2. The van der Waals surface area contributed by atoms with E-state index in [1.807, 2.05) is 18.4 Å². The number of methoxy groups -OCH3 is 1. The summed E-state index contributed by atoms with van der Waals surface area (Å²) in [5.41, 5.74) is 0. The Bertz CT molecular complexity index is 517. The molecule has 136 valence electrons. The fourth-order valence-corrected chi connectivity index (χ4v) is 4.24. The zero-order chi connectivity index (χ0) is 17.4. The molecule has 2 heterocycles. The molecular weight excluding hydrogens is 320 g/mol. The standard InChI is InChI=1S/C18H32N4OS/c1-14(12-17-8-7-15(2)24-17)21-18(19-3)20-13-16-6-5-9-22(16)10-11-23-4/h7-8,14,16H,5-6,9-13H2,1-4H3,(H2,19,20,21). The lowest BCUT2D eigenvalue weighted by atomic mass is 10.2. The summed E-state index contributed by atoms with van der Waals surface area (Å²) in [5, 5.41) is 7.01. The largest absolute Gasteiger partial charge is 0.383 e. The Morgan fingerprint density at radius 1 is 1.50 bits per heavy atom. The Morgan fingerprint density at radius 2 is 2.33 bits per heavy atom. The van der Waals surface area contributed by atoms with Crippen LogP contribution in [-0.2, 0) is 11.2 Å². The molecule has 0 saturated carbocycles. The first-order valence-corrected chi connectivity index (χ1v) is 9.69. The summed E-state index contributed by atoms with van der Waals surface area (Å²) in [6, 6.07) is 5.35.